The van der Waals surface area contributed by atoms with Crippen LogP contribution in [-0.2, 0) is 9.57 Å². The molecule has 82 valence electrons. The van der Waals surface area contributed by atoms with E-state index in [0.29, 0.717) is 12.2 Å². The van der Waals surface area contributed by atoms with Gasteiger partial charge in [-0.25, -0.2) is 5.48 Å². The van der Waals surface area contributed by atoms with E-state index in [1.165, 1.54) is 0 Å². The number of carbonyl (C=O) groups excluding carboxylic acids is 1. The fourth-order valence-corrected chi connectivity index (χ4v) is 1.07. The lowest BCUT2D eigenvalue weighted by molar-refractivity contribution is -0.0391. The van der Waals surface area contributed by atoms with Crippen LogP contribution in [0.4, 0.5) is 0 Å². The largest absolute Gasteiger partial charge is 0.382 e. The molecule has 0 unspecified atom stereocenters. The van der Waals surface area contributed by atoms with Crippen molar-refractivity contribution in [2.24, 2.45) is 0 Å². The van der Waals surface area contributed by atoms with Gasteiger partial charge in [0.05, 0.1) is 6.61 Å². The minimum atomic E-state index is -0.251. The molecular formula is C11H15NO3. The molecule has 1 N–H and O–H groups in total. The molecule has 0 fully saturated rings. The molecule has 4 heteroatoms. The Labute approximate surface area is 89.1 Å². The van der Waals surface area contributed by atoms with Crippen molar-refractivity contribution in [3.05, 3.63) is 35.9 Å². The number of amides is 1. The van der Waals surface area contributed by atoms with Crippen molar-refractivity contribution >= 4 is 5.91 Å². The summed E-state index contributed by atoms with van der Waals surface area (Å²) in [5.41, 5.74) is 2.94. The van der Waals surface area contributed by atoms with Gasteiger partial charge in [-0.3, -0.25) is 9.63 Å². The number of rotatable bonds is 5. The molecule has 0 heterocycles. The topological polar surface area (TPSA) is 47.6 Å². The summed E-state index contributed by atoms with van der Waals surface area (Å²) in [6, 6.07) is 8.89. The minimum Gasteiger partial charge on any atom is -0.382 e. The van der Waals surface area contributed by atoms with E-state index in [-0.39, 0.29) is 12.0 Å². The van der Waals surface area contributed by atoms with Crippen molar-refractivity contribution in [3.8, 4) is 0 Å². The highest BCUT2D eigenvalue weighted by molar-refractivity contribution is 5.93. The molecule has 0 radical (unpaired) electrons. The van der Waals surface area contributed by atoms with Gasteiger partial charge in [-0.1, -0.05) is 18.2 Å². The van der Waals surface area contributed by atoms with Crippen molar-refractivity contribution in [3.63, 3.8) is 0 Å². The summed E-state index contributed by atoms with van der Waals surface area (Å²) < 4.78 is 4.87. The predicted octanol–water partition coefficient (Wildman–Crippen LogP) is 1.38. The van der Waals surface area contributed by atoms with Crippen LogP contribution in [0, 0.1) is 0 Å². The highest BCUT2D eigenvalue weighted by atomic mass is 16.7. The zero-order valence-corrected chi connectivity index (χ0v) is 8.90. The van der Waals surface area contributed by atoms with E-state index in [0.717, 1.165) is 0 Å². The van der Waals surface area contributed by atoms with Gasteiger partial charge in [0.1, 0.15) is 6.10 Å². The second-order valence-electron chi connectivity index (χ2n) is 3.18. The van der Waals surface area contributed by atoms with Gasteiger partial charge in [-0.15, -0.1) is 0 Å². The summed E-state index contributed by atoms with van der Waals surface area (Å²) in [5, 5.41) is 0. The van der Waals surface area contributed by atoms with Gasteiger partial charge >= 0.3 is 0 Å². The molecular weight excluding hydrogens is 194 g/mol. The zero-order chi connectivity index (χ0) is 11.1. The lowest BCUT2D eigenvalue weighted by atomic mass is 10.2. The third-order valence-electron chi connectivity index (χ3n) is 1.79. The van der Waals surface area contributed by atoms with Gasteiger partial charge in [0.25, 0.3) is 5.91 Å². The molecule has 0 aliphatic heterocycles. The average Bonchev–Trinajstić information content (AvgIpc) is 2.27. The SMILES string of the molecule is COC[C@H](C)ONC(=O)c1ccccc1. The van der Waals surface area contributed by atoms with E-state index in [4.69, 9.17) is 9.57 Å². The Morgan fingerprint density at radius 3 is 2.67 bits per heavy atom. The molecule has 0 saturated heterocycles. The van der Waals surface area contributed by atoms with E-state index < -0.39 is 0 Å². The van der Waals surface area contributed by atoms with E-state index >= 15 is 0 Å². The van der Waals surface area contributed by atoms with Crippen LogP contribution in [-0.4, -0.2) is 25.7 Å². The summed E-state index contributed by atoms with van der Waals surface area (Å²) in [7, 11) is 1.58. The number of hydrogen-bond donors (Lipinski definition) is 1. The molecule has 0 spiro atoms. The monoisotopic (exact) mass is 209 g/mol. The second kappa shape index (κ2) is 6.16. The van der Waals surface area contributed by atoms with Crippen LogP contribution in [0.5, 0.6) is 0 Å². The minimum absolute atomic E-state index is 0.164. The maximum Gasteiger partial charge on any atom is 0.274 e. The number of ether oxygens (including phenoxy) is 1. The van der Waals surface area contributed by atoms with Gasteiger partial charge in [0.15, 0.2) is 0 Å². The fourth-order valence-electron chi connectivity index (χ4n) is 1.07. The van der Waals surface area contributed by atoms with Crippen LogP contribution in [0.2, 0.25) is 0 Å². The fraction of sp³-hybridized carbons (Fsp3) is 0.364. The standard InChI is InChI=1S/C11H15NO3/c1-9(8-14-2)15-12-11(13)10-6-4-3-5-7-10/h3-7,9H,8H2,1-2H3,(H,12,13)/t9-/m0/s1. The van der Waals surface area contributed by atoms with Gasteiger partial charge in [-0.05, 0) is 19.1 Å². The van der Waals surface area contributed by atoms with Gasteiger partial charge in [0.2, 0.25) is 0 Å². The van der Waals surface area contributed by atoms with Crippen LogP contribution in [0.3, 0.4) is 0 Å². The van der Waals surface area contributed by atoms with Crippen LogP contribution in [0.1, 0.15) is 17.3 Å². The maximum atomic E-state index is 11.5. The molecule has 0 bridgehead atoms. The van der Waals surface area contributed by atoms with Crippen LogP contribution < -0.4 is 5.48 Å². The van der Waals surface area contributed by atoms with Crippen molar-refractivity contribution in [1.29, 1.82) is 0 Å². The highest BCUT2D eigenvalue weighted by Gasteiger charge is 2.07. The Morgan fingerprint density at radius 2 is 2.07 bits per heavy atom. The lowest BCUT2D eigenvalue weighted by Crippen LogP contribution is -2.30. The molecule has 0 saturated carbocycles. The summed E-state index contributed by atoms with van der Waals surface area (Å²) in [4.78, 5) is 16.6. The summed E-state index contributed by atoms with van der Waals surface area (Å²) in [5.74, 6) is -0.251. The molecule has 1 amide bonds. The van der Waals surface area contributed by atoms with Gasteiger partial charge in [-0.2, -0.15) is 0 Å². The Morgan fingerprint density at radius 1 is 1.40 bits per heavy atom. The number of methoxy groups -OCH3 is 1. The molecule has 1 aromatic rings. The predicted molar refractivity (Wildman–Crippen MR) is 56.3 cm³/mol. The number of nitrogens with one attached hydrogen (secondary N) is 1. The van der Waals surface area contributed by atoms with E-state index in [1.54, 1.807) is 31.4 Å². The van der Waals surface area contributed by atoms with Crippen LogP contribution in [0.15, 0.2) is 30.3 Å². The molecule has 0 aliphatic carbocycles. The number of hydrogen-bond acceptors (Lipinski definition) is 3. The number of carbonyl (C=O) groups is 1. The lowest BCUT2D eigenvalue weighted by Gasteiger charge is -2.11. The average molecular weight is 209 g/mol. The normalized spacial score (nSPS) is 12.1. The Hall–Kier alpha value is -1.39. The second-order valence-corrected chi connectivity index (χ2v) is 3.18. The Balaban J connectivity index is 2.37. The van der Waals surface area contributed by atoms with Crippen LogP contribution >= 0.6 is 0 Å². The Bertz CT molecular complexity index is 300. The van der Waals surface area contributed by atoms with E-state index in [2.05, 4.69) is 5.48 Å². The van der Waals surface area contributed by atoms with E-state index in [1.807, 2.05) is 13.0 Å². The third kappa shape index (κ3) is 4.10. The first-order valence-corrected chi connectivity index (χ1v) is 4.74. The number of hydroxylamine groups is 1. The van der Waals surface area contributed by atoms with Crippen molar-refractivity contribution < 1.29 is 14.4 Å². The summed E-state index contributed by atoms with van der Waals surface area (Å²) >= 11 is 0. The first-order valence-electron chi connectivity index (χ1n) is 4.74. The highest BCUT2D eigenvalue weighted by Crippen LogP contribution is 1.98. The maximum absolute atomic E-state index is 11.5. The van der Waals surface area contributed by atoms with Gasteiger partial charge in [0, 0.05) is 12.7 Å². The Kier molecular flexibility index (Phi) is 4.80. The zero-order valence-electron chi connectivity index (χ0n) is 8.90. The smallest absolute Gasteiger partial charge is 0.274 e. The third-order valence-corrected chi connectivity index (χ3v) is 1.79. The van der Waals surface area contributed by atoms with Crippen molar-refractivity contribution in [2.45, 2.75) is 13.0 Å². The molecule has 0 aromatic heterocycles. The summed E-state index contributed by atoms with van der Waals surface area (Å²) in [6.45, 7) is 2.25. The van der Waals surface area contributed by atoms with Gasteiger partial charge < -0.3 is 4.74 Å². The quantitative estimate of drug-likeness (QED) is 0.745. The number of benzene rings is 1. The van der Waals surface area contributed by atoms with E-state index in [9.17, 15) is 4.79 Å². The molecule has 1 rings (SSSR count). The molecule has 0 aliphatic rings. The molecule has 1 atom stereocenters. The molecule has 4 nitrogen and oxygen atoms in total. The molecule has 15 heavy (non-hydrogen) atoms. The first-order chi connectivity index (χ1) is 7.24. The molecule has 1 aromatic carbocycles. The first kappa shape index (κ1) is 11.7. The summed E-state index contributed by atoms with van der Waals surface area (Å²) in [6.07, 6.45) is -0.164. The van der Waals surface area contributed by atoms with Crippen molar-refractivity contribution in [2.75, 3.05) is 13.7 Å². The van der Waals surface area contributed by atoms with Crippen LogP contribution in [0.25, 0.3) is 0 Å². The van der Waals surface area contributed by atoms with Crippen molar-refractivity contribution in [1.82, 2.24) is 5.48 Å².